The lowest BCUT2D eigenvalue weighted by molar-refractivity contribution is 0.100. The molecule has 0 spiro atoms. The maximum absolute atomic E-state index is 10.6. The van der Waals surface area contributed by atoms with E-state index >= 15 is 0 Å². The van der Waals surface area contributed by atoms with Gasteiger partial charge in [0.2, 0.25) is 5.91 Å². The van der Waals surface area contributed by atoms with Crippen molar-refractivity contribution >= 4 is 24.0 Å². The zero-order valence-electron chi connectivity index (χ0n) is 6.54. The number of hydrogen-bond acceptors (Lipinski definition) is 2. The van der Waals surface area contributed by atoms with Crippen LogP contribution in [0.15, 0.2) is 29.4 Å². The second-order valence-corrected chi connectivity index (χ2v) is 2.10. The molecule has 0 fully saturated rings. The molecule has 0 saturated carbocycles. The van der Waals surface area contributed by atoms with Crippen molar-refractivity contribution in [2.24, 2.45) is 10.8 Å². The molecular formula is C7H7ClN4O. The van der Waals surface area contributed by atoms with Crippen molar-refractivity contribution in [1.82, 2.24) is 0 Å². The average Bonchev–Trinajstić information content (AvgIpc) is 2.05. The lowest BCUT2D eigenvalue weighted by Crippen LogP contribution is -2.10. The van der Waals surface area contributed by atoms with Crippen LogP contribution >= 0.6 is 12.4 Å². The minimum atomic E-state index is -0.537. The fraction of sp³-hybridized carbons (Fsp3) is 0. The third-order valence-electron chi connectivity index (χ3n) is 1.29. The van der Waals surface area contributed by atoms with E-state index in [2.05, 4.69) is 10.0 Å². The molecule has 1 aromatic rings. The van der Waals surface area contributed by atoms with Gasteiger partial charge in [-0.2, -0.15) is 0 Å². The highest BCUT2D eigenvalue weighted by atomic mass is 35.5. The largest absolute Gasteiger partial charge is 0.366 e. The van der Waals surface area contributed by atoms with Gasteiger partial charge in [0.05, 0.1) is 0 Å². The number of nitrogens with two attached hydrogens (primary N) is 1. The van der Waals surface area contributed by atoms with Crippen LogP contribution in [0.5, 0.6) is 0 Å². The first kappa shape index (κ1) is 11.3. The molecule has 6 heteroatoms. The minimum absolute atomic E-state index is 0. The first-order valence-corrected chi connectivity index (χ1v) is 3.19. The lowest BCUT2D eigenvalue weighted by Gasteiger charge is -1.94. The molecule has 0 aliphatic heterocycles. The quantitative estimate of drug-likeness (QED) is 0.440. The summed E-state index contributed by atoms with van der Waals surface area (Å²) in [5, 5.41) is 3.32. The van der Waals surface area contributed by atoms with E-state index < -0.39 is 5.91 Å². The molecule has 1 amide bonds. The van der Waals surface area contributed by atoms with Crippen LogP contribution in [-0.4, -0.2) is 5.91 Å². The number of halogens is 1. The van der Waals surface area contributed by atoms with E-state index in [4.69, 9.17) is 11.3 Å². The molecule has 68 valence electrons. The van der Waals surface area contributed by atoms with E-state index in [0.29, 0.717) is 11.3 Å². The normalized spacial score (nSPS) is 8.00. The zero-order chi connectivity index (χ0) is 8.97. The SMILES string of the molecule is Cl.[N-]=[N+]=Nc1cccc(C(N)=O)c1. The Morgan fingerprint density at radius 2 is 2.23 bits per heavy atom. The molecular weight excluding hydrogens is 192 g/mol. The van der Waals surface area contributed by atoms with Crippen molar-refractivity contribution in [3.63, 3.8) is 0 Å². The Morgan fingerprint density at radius 3 is 2.77 bits per heavy atom. The van der Waals surface area contributed by atoms with Crippen LogP contribution in [0.4, 0.5) is 5.69 Å². The Morgan fingerprint density at radius 1 is 1.54 bits per heavy atom. The van der Waals surface area contributed by atoms with E-state index in [1.807, 2.05) is 0 Å². The molecule has 0 aliphatic rings. The molecule has 0 radical (unpaired) electrons. The summed E-state index contributed by atoms with van der Waals surface area (Å²) < 4.78 is 0. The van der Waals surface area contributed by atoms with Crippen molar-refractivity contribution in [1.29, 1.82) is 0 Å². The van der Waals surface area contributed by atoms with Crippen LogP contribution < -0.4 is 5.73 Å². The molecule has 0 aromatic heterocycles. The fourth-order valence-electron chi connectivity index (χ4n) is 0.773. The van der Waals surface area contributed by atoms with Gasteiger partial charge < -0.3 is 5.73 Å². The van der Waals surface area contributed by atoms with E-state index in [9.17, 15) is 4.79 Å². The highest BCUT2D eigenvalue weighted by Gasteiger charge is 1.98. The first-order chi connectivity index (χ1) is 5.74. The van der Waals surface area contributed by atoms with Crippen molar-refractivity contribution in [3.05, 3.63) is 40.3 Å². The van der Waals surface area contributed by atoms with Crippen LogP contribution in [0.3, 0.4) is 0 Å². The van der Waals surface area contributed by atoms with Crippen molar-refractivity contribution < 1.29 is 4.79 Å². The first-order valence-electron chi connectivity index (χ1n) is 3.19. The van der Waals surface area contributed by atoms with Crippen LogP contribution in [-0.2, 0) is 0 Å². The number of azide groups is 1. The predicted octanol–water partition coefficient (Wildman–Crippen LogP) is 2.15. The monoisotopic (exact) mass is 198 g/mol. The van der Waals surface area contributed by atoms with Gasteiger partial charge in [-0.3, -0.25) is 4.79 Å². The van der Waals surface area contributed by atoms with Gasteiger partial charge in [0, 0.05) is 16.2 Å². The van der Waals surface area contributed by atoms with E-state index in [-0.39, 0.29) is 12.4 Å². The molecule has 0 bridgehead atoms. The number of rotatable bonds is 2. The number of benzene rings is 1. The highest BCUT2D eigenvalue weighted by Crippen LogP contribution is 2.13. The third kappa shape index (κ3) is 3.02. The summed E-state index contributed by atoms with van der Waals surface area (Å²) >= 11 is 0. The van der Waals surface area contributed by atoms with Gasteiger partial charge in [-0.05, 0) is 17.7 Å². The smallest absolute Gasteiger partial charge is 0.248 e. The summed E-state index contributed by atoms with van der Waals surface area (Å²) in [6.45, 7) is 0. The average molecular weight is 199 g/mol. The molecule has 0 saturated heterocycles. The number of hydrogen-bond donors (Lipinski definition) is 1. The summed E-state index contributed by atoms with van der Waals surface area (Å²) in [4.78, 5) is 13.2. The van der Waals surface area contributed by atoms with Crippen molar-refractivity contribution in [2.75, 3.05) is 0 Å². The van der Waals surface area contributed by atoms with Gasteiger partial charge >= 0.3 is 0 Å². The maximum atomic E-state index is 10.6. The number of carbonyl (C=O) groups is 1. The Balaban J connectivity index is 0.00000144. The van der Waals surface area contributed by atoms with Crippen molar-refractivity contribution in [2.45, 2.75) is 0 Å². The Kier molecular flexibility index (Phi) is 4.37. The van der Waals surface area contributed by atoms with Gasteiger partial charge in [-0.1, -0.05) is 17.2 Å². The topological polar surface area (TPSA) is 91.8 Å². The van der Waals surface area contributed by atoms with Crippen LogP contribution in [0.2, 0.25) is 0 Å². The summed E-state index contributed by atoms with van der Waals surface area (Å²) in [7, 11) is 0. The van der Waals surface area contributed by atoms with Crippen LogP contribution in [0, 0.1) is 0 Å². The van der Waals surface area contributed by atoms with Crippen LogP contribution in [0.25, 0.3) is 10.4 Å². The third-order valence-corrected chi connectivity index (χ3v) is 1.29. The minimum Gasteiger partial charge on any atom is -0.366 e. The molecule has 13 heavy (non-hydrogen) atoms. The molecule has 0 atom stereocenters. The number of amides is 1. The molecule has 1 aromatic carbocycles. The molecule has 2 N–H and O–H groups in total. The number of carbonyl (C=O) groups excluding carboxylic acids is 1. The fourth-order valence-corrected chi connectivity index (χ4v) is 0.773. The second-order valence-electron chi connectivity index (χ2n) is 2.10. The number of nitrogens with zero attached hydrogens (tertiary/aromatic N) is 3. The van der Waals surface area contributed by atoms with Crippen molar-refractivity contribution in [3.8, 4) is 0 Å². The van der Waals surface area contributed by atoms with Gasteiger partial charge in [-0.25, -0.2) is 0 Å². The summed E-state index contributed by atoms with van der Waals surface area (Å²) in [5.41, 5.74) is 13.8. The molecule has 0 aliphatic carbocycles. The summed E-state index contributed by atoms with van der Waals surface area (Å²) in [6.07, 6.45) is 0. The standard InChI is InChI=1S/C7H6N4O.ClH/c8-7(12)5-2-1-3-6(4-5)10-11-9;/h1-4H,(H2,8,12);1H. The molecule has 0 unspecified atom stereocenters. The zero-order valence-corrected chi connectivity index (χ0v) is 7.36. The van der Waals surface area contributed by atoms with Gasteiger partial charge in [0.1, 0.15) is 0 Å². The number of primary amides is 1. The van der Waals surface area contributed by atoms with Gasteiger partial charge in [0.25, 0.3) is 0 Å². The van der Waals surface area contributed by atoms with E-state index in [1.54, 1.807) is 18.2 Å². The summed E-state index contributed by atoms with van der Waals surface area (Å²) in [6, 6.07) is 6.18. The van der Waals surface area contributed by atoms with E-state index in [1.165, 1.54) is 6.07 Å². The van der Waals surface area contributed by atoms with Gasteiger partial charge in [-0.15, -0.1) is 12.4 Å². The molecule has 5 nitrogen and oxygen atoms in total. The predicted molar refractivity (Wildman–Crippen MR) is 51.0 cm³/mol. The molecule has 1 rings (SSSR count). The highest BCUT2D eigenvalue weighted by molar-refractivity contribution is 5.93. The second kappa shape index (κ2) is 5.03. The van der Waals surface area contributed by atoms with Crippen LogP contribution in [0.1, 0.15) is 10.4 Å². The maximum Gasteiger partial charge on any atom is 0.248 e. The summed E-state index contributed by atoms with van der Waals surface area (Å²) in [5.74, 6) is -0.537. The molecule has 0 heterocycles. The lowest BCUT2D eigenvalue weighted by atomic mass is 10.2. The Labute approximate surface area is 80.6 Å². The van der Waals surface area contributed by atoms with E-state index in [0.717, 1.165) is 0 Å². The Hall–Kier alpha value is -1.71. The Bertz CT molecular complexity index is 342. The van der Waals surface area contributed by atoms with Gasteiger partial charge in [0.15, 0.2) is 0 Å².